The molecule has 1 atom stereocenters. The molecule has 0 bridgehead atoms. The van der Waals surface area contributed by atoms with Crippen LogP contribution in [0.2, 0.25) is 5.02 Å². The summed E-state index contributed by atoms with van der Waals surface area (Å²) in [6, 6.07) is 7.40. The Balaban J connectivity index is 2.03. The number of hydrogen-bond acceptors (Lipinski definition) is 2. The maximum absolute atomic E-state index is 11.5. The Morgan fingerprint density at radius 2 is 2.29 bits per heavy atom. The molecule has 1 aliphatic carbocycles. The van der Waals surface area contributed by atoms with E-state index in [0.29, 0.717) is 6.54 Å². The Bertz CT molecular complexity index is 427. The van der Waals surface area contributed by atoms with Crippen molar-refractivity contribution in [2.75, 3.05) is 6.54 Å². The van der Waals surface area contributed by atoms with Gasteiger partial charge in [0.05, 0.1) is 6.04 Å². The topological polar surface area (TPSA) is 55.1 Å². The van der Waals surface area contributed by atoms with Crippen LogP contribution in [0.15, 0.2) is 24.3 Å². The Morgan fingerprint density at radius 3 is 2.82 bits per heavy atom. The molecular weight excluding hydrogens is 236 g/mol. The van der Waals surface area contributed by atoms with E-state index in [4.69, 9.17) is 17.3 Å². The minimum Gasteiger partial charge on any atom is -0.354 e. The Morgan fingerprint density at radius 1 is 1.59 bits per heavy atom. The van der Waals surface area contributed by atoms with Crippen LogP contribution in [0.3, 0.4) is 0 Å². The second-order valence-corrected chi connectivity index (χ2v) is 5.23. The van der Waals surface area contributed by atoms with Gasteiger partial charge in [-0.15, -0.1) is 0 Å². The summed E-state index contributed by atoms with van der Waals surface area (Å²) in [6.45, 7) is 2.34. The highest BCUT2D eigenvalue weighted by Crippen LogP contribution is 2.48. The third kappa shape index (κ3) is 2.79. The molecule has 1 amide bonds. The second-order valence-electron chi connectivity index (χ2n) is 4.80. The molecule has 3 N–H and O–H groups in total. The SMILES string of the molecule is C[C@H](N)C(=O)NCC1(c2cccc(Cl)c2)CC1. The lowest BCUT2D eigenvalue weighted by atomic mass is 9.96. The van der Waals surface area contributed by atoms with E-state index in [0.717, 1.165) is 17.9 Å². The highest BCUT2D eigenvalue weighted by Gasteiger charge is 2.44. The van der Waals surface area contributed by atoms with Crippen molar-refractivity contribution in [2.45, 2.75) is 31.2 Å². The van der Waals surface area contributed by atoms with Gasteiger partial charge in [0.25, 0.3) is 0 Å². The molecule has 4 heteroatoms. The first kappa shape index (κ1) is 12.4. The van der Waals surface area contributed by atoms with Crippen LogP contribution >= 0.6 is 11.6 Å². The first-order valence-electron chi connectivity index (χ1n) is 5.83. The van der Waals surface area contributed by atoms with E-state index in [1.54, 1.807) is 6.92 Å². The summed E-state index contributed by atoms with van der Waals surface area (Å²) in [4.78, 5) is 11.5. The molecule has 3 nitrogen and oxygen atoms in total. The second kappa shape index (κ2) is 4.67. The summed E-state index contributed by atoms with van der Waals surface area (Å²) in [7, 11) is 0. The summed E-state index contributed by atoms with van der Waals surface area (Å²) in [5, 5.41) is 3.64. The van der Waals surface area contributed by atoms with Gasteiger partial charge in [0.15, 0.2) is 0 Å². The summed E-state index contributed by atoms with van der Waals surface area (Å²) in [6.07, 6.45) is 2.18. The van der Waals surface area contributed by atoms with E-state index in [1.165, 1.54) is 5.56 Å². The van der Waals surface area contributed by atoms with E-state index in [1.807, 2.05) is 18.2 Å². The minimum atomic E-state index is -0.454. The first-order valence-corrected chi connectivity index (χ1v) is 6.21. The van der Waals surface area contributed by atoms with Crippen molar-refractivity contribution in [1.82, 2.24) is 5.32 Å². The van der Waals surface area contributed by atoms with Crippen LogP contribution in [-0.2, 0) is 10.2 Å². The Labute approximate surface area is 106 Å². The summed E-state index contributed by atoms with van der Waals surface area (Å²) < 4.78 is 0. The number of hydrogen-bond donors (Lipinski definition) is 2. The van der Waals surface area contributed by atoms with Gasteiger partial charge in [-0.1, -0.05) is 23.7 Å². The van der Waals surface area contributed by atoms with Gasteiger partial charge in [0.1, 0.15) is 0 Å². The van der Waals surface area contributed by atoms with Crippen molar-refractivity contribution < 1.29 is 4.79 Å². The van der Waals surface area contributed by atoms with Crippen molar-refractivity contribution >= 4 is 17.5 Å². The largest absolute Gasteiger partial charge is 0.354 e. The van der Waals surface area contributed by atoms with Crippen molar-refractivity contribution in [3.05, 3.63) is 34.9 Å². The molecule has 0 spiro atoms. The highest BCUT2D eigenvalue weighted by molar-refractivity contribution is 6.30. The van der Waals surface area contributed by atoms with Crippen LogP contribution < -0.4 is 11.1 Å². The van der Waals surface area contributed by atoms with Crippen LogP contribution in [0.25, 0.3) is 0 Å². The molecule has 92 valence electrons. The molecule has 0 unspecified atom stereocenters. The van der Waals surface area contributed by atoms with Gasteiger partial charge >= 0.3 is 0 Å². The number of halogens is 1. The molecule has 17 heavy (non-hydrogen) atoms. The van der Waals surface area contributed by atoms with E-state index in [2.05, 4.69) is 11.4 Å². The van der Waals surface area contributed by atoms with Crippen molar-refractivity contribution in [3.63, 3.8) is 0 Å². The van der Waals surface area contributed by atoms with Gasteiger partial charge in [-0.2, -0.15) is 0 Å². The van der Waals surface area contributed by atoms with Crippen molar-refractivity contribution in [1.29, 1.82) is 0 Å². The van der Waals surface area contributed by atoms with Gasteiger partial charge in [0, 0.05) is 17.0 Å². The maximum atomic E-state index is 11.5. The van der Waals surface area contributed by atoms with Crippen LogP contribution in [0.5, 0.6) is 0 Å². The van der Waals surface area contributed by atoms with Gasteiger partial charge in [-0.25, -0.2) is 0 Å². The fraction of sp³-hybridized carbons (Fsp3) is 0.462. The number of nitrogens with one attached hydrogen (secondary N) is 1. The first-order chi connectivity index (χ1) is 8.03. The molecule has 0 saturated heterocycles. The fourth-order valence-corrected chi connectivity index (χ4v) is 2.14. The third-order valence-corrected chi connectivity index (χ3v) is 3.54. The lowest BCUT2D eigenvalue weighted by Gasteiger charge is -2.17. The fourth-order valence-electron chi connectivity index (χ4n) is 1.95. The zero-order valence-electron chi connectivity index (χ0n) is 9.87. The molecule has 0 radical (unpaired) electrons. The summed E-state index contributed by atoms with van der Waals surface area (Å²) >= 11 is 5.98. The summed E-state index contributed by atoms with van der Waals surface area (Å²) in [5.41, 5.74) is 6.80. The van der Waals surface area contributed by atoms with Crippen LogP contribution in [0.1, 0.15) is 25.3 Å². The zero-order valence-corrected chi connectivity index (χ0v) is 10.6. The van der Waals surface area contributed by atoms with Gasteiger partial charge in [-0.05, 0) is 37.5 Å². The van der Waals surface area contributed by atoms with E-state index >= 15 is 0 Å². The molecule has 1 saturated carbocycles. The smallest absolute Gasteiger partial charge is 0.236 e. The molecule has 1 aromatic rings. The molecular formula is C13H17ClN2O. The standard InChI is InChI=1S/C13H17ClN2O/c1-9(15)12(17)16-8-13(5-6-13)10-3-2-4-11(14)7-10/h2-4,7,9H,5-6,8,15H2,1H3,(H,16,17)/t9-/m0/s1. The van der Waals surface area contributed by atoms with Crippen LogP contribution in [0, 0.1) is 0 Å². The number of amides is 1. The lowest BCUT2D eigenvalue weighted by Crippen LogP contribution is -2.41. The average Bonchev–Trinajstić information content (AvgIpc) is 3.07. The highest BCUT2D eigenvalue weighted by atomic mass is 35.5. The molecule has 1 fully saturated rings. The van der Waals surface area contributed by atoms with Gasteiger partial charge in [-0.3, -0.25) is 4.79 Å². The van der Waals surface area contributed by atoms with Crippen LogP contribution in [0.4, 0.5) is 0 Å². The maximum Gasteiger partial charge on any atom is 0.236 e. The van der Waals surface area contributed by atoms with E-state index in [-0.39, 0.29) is 11.3 Å². The molecule has 0 aromatic heterocycles. The number of carbonyl (C=O) groups excluding carboxylic acids is 1. The van der Waals surface area contributed by atoms with E-state index in [9.17, 15) is 4.79 Å². The Kier molecular flexibility index (Phi) is 3.40. The predicted molar refractivity (Wildman–Crippen MR) is 69.0 cm³/mol. The zero-order chi connectivity index (χ0) is 12.5. The van der Waals surface area contributed by atoms with E-state index < -0.39 is 6.04 Å². The normalized spacial score (nSPS) is 18.5. The minimum absolute atomic E-state index is 0.0788. The quantitative estimate of drug-likeness (QED) is 0.859. The lowest BCUT2D eigenvalue weighted by molar-refractivity contribution is -0.122. The van der Waals surface area contributed by atoms with Gasteiger partial charge in [0.2, 0.25) is 5.91 Å². The third-order valence-electron chi connectivity index (χ3n) is 3.31. The average molecular weight is 253 g/mol. The predicted octanol–water partition coefficient (Wildman–Crippen LogP) is 1.84. The molecule has 1 aromatic carbocycles. The summed E-state index contributed by atoms with van der Waals surface area (Å²) in [5.74, 6) is -0.0988. The Hall–Kier alpha value is -1.06. The number of benzene rings is 1. The van der Waals surface area contributed by atoms with Crippen LogP contribution in [-0.4, -0.2) is 18.5 Å². The number of carbonyl (C=O) groups is 1. The van der Waals surface area contributed by atoms with Crippen molar-refractivity contribution in [3.8, 4) is 0 Å². The molecule has 1 aliphatic rings. The molecule has 0 aliphatic heterocycles. The number of rotatable bonds is 4. The monoisotopic (exact) mass is 252 g/mol. The molecule has 2 rings (SSSR count). The molecule has 0 heterocycles. The van der Waals surface area contributed by atoms with Gasteiger partial charge < -0.3 is 11.1 Å². The van der Waals surface area contributed by atoms with Crippen molar-refractivity contribution in [2.24, 2.45) is 5.73 Å². The number of nitrogens with two attached hydrogens (primary N) is 1.